The zero-order valence-electron chi connectivity index (χ0n) is 22.7. The van der Waals surface area contributed by atoms with Gasteiger partial charge in [0.2, 0.25) is 0 Å². The first-order chi connectivity index (χ1) is 17.1. The minimum atomic E-state index is -2.69. The lowest BCUT2D eigenvalue weighted by molar-refractivity contribution is -0.134. The van der Waals surface area contributed by atoms with Gasteiger partial charge in [0, 0.05) is 42.3 Å². The van der Waals surface area contributed by atoms with Crippen molar-refractivity contribution in [2.75, 3.05) is 31.9 Å². The van der Waals surface area contributed by atoms with Crippen molar-refractivity contribution in [2.45, 2.75) is 23.1 Å². The molecule has 0 saturated carbocycles. The first kappa shape index (κ1) is 16.6. The van der Waals surface area contributed by atoms with Crippen LogP contribution in [0.5, 0.6) is 0 Å². The maximum absolute atomic E-state index is 11.9. The van der Waals surface area contributed by atoms with E-state index in [2.05, 4.69) is 0 Å². The predicted molar refractivity (Wildman–Crippen MR) is 122 cm³/mol. The van der Waals surface area contributed by atoms with Gasteiger partial charge < -0.3 is 20.0 Å². The summed E-state index contributed by atoms with van der Waals surface area (Å²) in [7, 11) is 0. The molecule has 164 valence electrons. The molecule has 0 unspecified atom stereocenters. The Hall–Kier alpha value is -3.10. The van der Waals surface area contributed by atoms with Gasteiger partial charge in [-0.05, 0) is 58.1 Å². The number of Topliss-reactive ketones (excluding diaryl/α,β-unsaturated/α-hetero) is 1. The number of carbonyl (C=O) groups excluding carboxylic acids is 1. The number of nitrogens with zero attached hydrogens (tertiary/aromatic N) is 2. The van der Waals surface area contributed by atoms with Gasteiger partial charge in [0.25, 0.3) is 0 Å². The minimum Gasteiger partial charge on any atom is -0.478 e. The Kier molecular flexibility index (Phi) is 6.06. The molecule has 0 spiro atoms. The Morgan fingerprint density at radius 1 is 1.03 bits per heavy atom. The highest BCUT2D eigenvalue weighted by Gasteiger charge is 2.23. The highest BCUT2D eigenvalue weighted by Crippen LogP contribution is 2.48. The number of fused-ring (bicyclic) bond motifs is 2. The SMILES string of the molecule is O=C(O)/C=C/C(=O)O.[2H]C([2H])([2H])N(CCCN1c2ccccc2Sc2ccc(C(C)=O)cc21)C([2H])([2H])[2H]. The summed E-state index contributed by atoms with van der Waals surface area (Å²) in [6.45, 7) is -3.54. The largest absolute Gasteiger partial charge is 0.478 e. The van der Waals surface area contributed by atoms with Gasteiger partial charge in [0.1, 0.15) is 0 Å². The molecule has 0 saturated heterocycles. The third-order valence-corrected chi connectivity index (χ3v) is 5.29. The van der Waals surface area contributed by atoms with Crippen molar-refractivity contribution >= 4 is 40.9 Å². The molecule has 7 nitrogen and oxygen atoms in total. The lowest BCUT2D eigenvalue weighted by Crippen LogP contribution is -2.25. The molecule has 31 heavy (non-hydrogen) atoms. The summed E-state index contributed by atoms with van der Waals surface area (Å²) in [5.41, 5.74) is 2.43. The third-order valence-electron chi connectivity index (χ3n) is 4.16. The zero-order valence-corrected chi connectivity index (χ0v) is 17.6. The van der Waals surface area contributed by atoms with E-state index in [-0.39, 0.29) is 12.3 Å². The second kappa shape index (κ2) is 11.3. The number of hydrogen-bond acceptors (Lipinski definition) is 6. The summed E-state index contributed by atoms with van der Waals surface area (Å²) in [4.78, 5) is 35.6. The van der Waals surface area contributed by atoms with Crippen molar-refractivity contribution < 1.29 is 32.8 Å². The van der Waals surface area contributed by atoms with Gasteiger partial charge in [-0.25, -0.2) is 9.59 Å². The van der Waals surface area contributed by atoms with Crippen LogP contribution in [0.1, 0.15) is 31.9 Å². The quantitative estimate of drug-likeness (QED) is 0.481. The van der Waals surface area contributed by atoms with E-state index in [4.69, 9.17) is 18.4 Å². The number of carbonyl (C=O) groups is 3. The fourth-order valence-corrected chi connectivity index (χ4v) is 3.89. The average Bonchev–Trinajstić information content (AvgIpc) is 2.78. The van der Waals surface area contributed by atoms with E-state index in [1.165, 1.54) is 6.92 Å². The number of para-hydroxylation sites is 1. The number of ketones is 1. The van der Waals surface area contributed by atoms with Crippen LogP contribution in [0.15, 0.2) is 64.4 Å². The van der Waals surface area contributed by atoms with E-state index in [1.807, 2.05) is 41.3 Å². The van der Waals surface area contributed by atoms with Crippen molar-refractivity contribution in [3.8, 4) is 0 Å². The molecule has 0 atom stereocenters. The molecule has 0 amide bonds. The normalized spacial score (nSPS) is 15.7. The number of carboxylic acids is 2. The van der Waals surface area contributed by atoms with Gasteiger partial charge >= 0.3 is 11.9 Å². The third kappa shape index (κ3) is 7.27. The van der Waals surface area contributed by atoms with E-state index in [0.29, 0.717) is 35.6 Å². The maximum Gasteiger partial charge on any atom is 0.328 e. The molecule has 0 aliphatic carbocycles. The molecular weight excluding hydrogens is 416 g/mol. The van der Waals surface area contributed by atoms with E-state index < -0.39 is 25.9 Å². The van der Waals surface area contributed by atoms with Crippen molar-refractivity contribution in [2.24, 2.45) is 0 Å². The predicted octanol–water partition coefficient (Wildman–Crippen LogP) is 4.16. The van der Waals surface area contributed by atoms with Gasteiger partial charge in [-0.1, -0.05) is 30.0 Å². The van der Waals surface area contributed by atoms with Crippen LogP contribution in [0.25, 0.3) is 0 Å². The number of carboxylic acid groups (broad SMARTS) is 2. The molecule has 0 fully saturated rings. The molecule has 8 heteroatoms. The second-order valence-electron chi connectivity index (χ2n) is 6.48. The molecule has 2 aromatic rings. The molecule has 3 rings (SSSR count). The summed E-state index contributed by atoms with van der Waals surface area (Å²) in [6, 6.07) is 13.4. The van der Waals surface area contributed by atoms with Gasteiger partial charge in [-0.2, -0.15) is 0 Å². The van der Waals surface area contributed by atoms with Crippen molar-refractivity contribution in [3.63, 3.8) is 0 Å². The fourth-order valence-electron chi connectivity index (χ4n) is 2.82. The maximum atomic E-state index is 11.9. The van der Waals surface area contributed by atoms with Crippen LogP contribution in [-0.4, -0.2) is 59.9 Å². The van der Waals surface area contributed by atoms with Crippen LogP contribution in [0.3, 0.4) is 0 Å². The van der Waals surface area contributed by atoms with E-state index >= 15 is 0 Å². The lowest BCUT2D eigenvalue weighted by atomic mass is 10.1. The lowest BCUT2D eigenvalue weighted by Gasteiger charge is -2.33. The number of benzene rings is 2. The Morgan fingerprint density at radius 2 is 1.68 bits per heavy atom. The minimum absolute atomic E-state index is 0.0346. The van der Waals surface area contributed by atoms with Crippen molar-refractivity contribution in [1.82, 2.24) is 4.90 Å². The van der Waals surface area contributed by atoms with Crippen LogP contribution in [0, 0.1) is 0 Å². The van der Waals surface area contributed by atoms with Gasteiger partial charge in [0.15, 0.2) is 5.78 Å². The highest BCUT2D eigenvalue weighted by molar-refractivity contribution is 7.99. The van der Waals surface area contributed by atoms with Crippen LogP contribution < -0.4 is 4.90 Å². The molecular formula is C23H26N2O5S. The summed E-state index contributed by atoms with van der Waals surface area (Å²) in [5, 5.41) is 15.6. The standard InChI is InChI=1S/C19H22N2OS.C4H4O4/c1-14(22)15-9-10-19-17(13-15)21(12-6-11-20(2)3)16-7-4-5-8-18(16)23-19;5-3(6)1-2-4(7)8/h4-5,7-10,13H,6,11-12H2,1-3H3;1-2H,(H,5,6)(H,7,8)/b;2-1+/i2D3,3D3;. The van der Waals surface area contributed by atoms with Crippen molar-refractivity contribution in [3.05, 3.63) is 60.2 Å². The van der Waals surface area contributed by atoms with Crippen molar-refractivity contribution in [1.29, 1.82) is 0 Å². The van der Waals surface area contributed by atoms with Crippen LogP contribution in [0.4, 0.5) is 11.4 Å². The first-order valence-corrected chi connectivity index (χ1v) is 10.0. The van der Waals surface area contributed by atoms with Crippen LogP contribution in [-0.2, 0) is 9.59 Å². The second-order valence-corrected chi connectivity index (χ2v) is 7.56. The Labute approximate surface area is 194 Å². The highest BCUT2D eigenvalue weighted by atomic mass is 32.2. The van der Waals surface area contributed by atoms with Gasteiger partial charge in [0.05, 0.1) is 11.4 Å². The van der Waals surface area contributed by atoms with E-state index in [1.54, 1.807) is 17.8 Å². The molecule has 1 heterocycles. The molecule has 1 aliphatic heterocycles. The van der Waals surface area contributed by atoms with Crippen LogP contribution >= 0.6 is 11.8 Å². The molecule has 1 aliphatic rings. The molecule has 2 N–H and O–H groups in total. The van der Waals surface area contributed by atoms with Gasteiger partial charge in [-0.15, -0.1) is 0 Å². The topological polar surface area (TPSA) is 98.1 Å². The fraction of sp³-hybridized carbons (Fsp3) is 0.261. The molecule has 0 bridgehead atoms. The van der Waals surface area contributed by atoms with Gasteiger partial charge in [-0.3, -0.25) is 4.79 Å². The molecule has 2 aromatic carbocycles. The monoisotopic (exact) mass is 448 g/mol. The Balaban J connectivity index is 0.000000521. The zero-order chi connectivity index (χ0) is 28.0. The van der Waals surface area contributed by atoms with E-state index in [0.717, 1.165) is 21.2 Å². The summed E-state index contributed by atoms with van der Waals surface area (Å²) >= 11 is 1.61. The first-order valence-electron chi connectivity index (χ1n) is 12.2. The number of aliphatic carboxylic acids is 2. The summed E-state index contributed by atoms with van der Waals surface area (Å²) in [6.07, 6.45) is 1.45. The molecule has 0 aromatic heterocycles. The Bertz CT molecular complexity index is 1150. The number of hydrogen-bond donors (Lipinski definition) is 2. The summed E-state index contributed by atoms with van der Waals surface area (Å²) in [5.74, 6) is -2.55. The number of anilines is 2. The number of rotatable bonds is 7. The molecule has 0 radical (unpaired) electrons. The van der Waals surface area contributed by atoms with E-state index in [9.17, 15) is 14.4 Å². The van der Waals surface area contributed by atoms with Crippen LogP contribution in [0.2, 0.25) is 0 Å². The smallest absolute Gasteiger partial charge is 0.328 e. The summed E-state index contributed by atoms with van der Waals surface area (Å²) < 4.78 is 45.1. The Morgan fingerprint density at radius 3 is 2.29 bits per heavy atom. The average molecular weight is 449 g/mol.